The normalized spacial score (nSPS) is 17.9. The van der Waals surface area contributed by atoms with Gasteiger partial charge in [0.05, 0.1) is 5.69 Å². The molecule has 1 fully saturated rings. The molecule has 1 saturated carbocycles. The van der Waals surface area contributed by atoms with Crippen LogP contribution in [0.2, 0.25) is 0 Å². The van der Waals surface area contributed by atoms with E-state index < -0.39 is 0 Å². The topological polar surface area (TPSA) is 81.9 Å². The van der Waals surface area contributed by atoms with Crippen molar-refractivity contribution in [1.29, 1.82) is 0 Å². The standard InChI is InChI=1S/C25H33N5O2/c1-16-9-10-20-7-6-8-21(23(20)26-16)30-32-15-25(4,5)14-31-29-18(3)24-27-17(2)13-22(28-24)19-11-12-19/h9-10,13,19H,6-8,11-12,14-15H2,1-5H3. The zero-order valence-corrected chi connectivity index (χ0v) is 19.8. The second-order valence-corrected chi connectivity index (χ2v) is 9.77. The maximum atomic E-state index is 5.74. The molecule has 0 unspecified atom stereocenters. The van der Waals surface area contributed by atoms with E-state index in [1.807, 2.05) is 20.8 Å². The first-order valence-electron chi connectivity index (χ1n) is 11.5. The van der Waals surface area contributed by atoms with E-state index in [-0.39, 0.29) is 5.41 Å². The predicted octanol–water partition coefficient (Wildman–Crippen LogP) is 4.89. The molecule has 0 aliphatic heterocycles. The molecule has 0 amide bonds. The van der Waals surface area contributed by atoms with Gasteiger partial charge in [-0.2, -0.15) is 0 Å². The van der Waals surface area contributed by atoms with Crippen LogP contribution >= 0.6 is 0 Å². The summed E-state index contributed by atoms with van der Waals surface area (Å²) in [5.74, 6) is 1.23. The largest absolute Gasteiger partial charge is 0.395 e. The summed E-state index contributed by atoms with van der Waals surface area (Å²) >= 11 is 0. The van der Waals surface area contributed by atoms with Crippen LogP contribution in [0.15, 0.2) is 28.5 Å². The number of rotatable bonds is 8. The average molecular weight is 436 g/mol. The molecule has 2 heterocycles. The highest BCUT2D eigenvalue weighted by molar-refractivity contribution is 6.00. The van der Waals surface area contributed by atoms with Gasteiger partial charge in [0.25, 0.3) is 0 Å². The van der Waals surface area contributed by atoms with Gasteiger partial charge < -0.3 is 9.68 Å². The fraction of sp³-hybridized carbons (Fsp3) is 0.560. The molecule has 0 atom stereocenters. The molecule has 2 aromatic heterocycles. The van der Waals surface area contributed by atoms with E-state index >= 15 is 0 Å². The number of hydrogen-bond donors (Lipinski definition) is 0. The van der Waals surface area contributed by atoms with Gasteiger partial charge in [0.2, 0.25) is 0 Å². The summed E-state index contributed by atoms with van der Waals surface area (Å²) in [4.78, 5) is 25.2. The van der Waals surface area contributed by atoms with Crippen molar-refractivity contribution in [1.82, 2.24) is 15.0 Å². The quantitative estimate of drug-likeness (QED) is 0.435. The molecule has 170 valence electrons. The van der Waals surface area contributed by atoms with Crippen LogP contribution in [0.4, 0.5) is 0 Å². The number of fused-ring (bicyclic) bond motifs is 1. The van der Waals surface area contributed by atoms with Crippen LogP contribution in [0.3, 0.4) is 0 Å². The van der Waals surface area contributed by atoms with Crippen LogP contribution in [0, 0.1) is 19.3 Å². The lowest BCUT2D eigenvalue weighted by atomic mass is 9.94. The summed E-state index contributed by atoms with van der Waals surface area (Å²) in [6, 6.07) is 6.27. The lowest BCUT2D eigenvalue weighted by Gasteiger charge is -2.22. The van der Waals surface area contributed by atoms with Gasteiger partial charge in [-0.3, -0.25) is 4.98 Å². The van der Waals surface area contributed by atoms with Crippen LogP contribution in [0.25, 0.3) is 0 Å². The van der Waals surface area contributed by atoms with Gasteiger partial charge in [0.15, 0.2) is 5.82 Å². The Hall–Kier alpha value is -2.83. The third-order valence-electron chi connectivity index (χ3n) is 5.73. The summed E-state index contributed by atoms with van der Waals surface area (Å²) in [5, 5.41) is 8.70. The predicted molar refractivity (Wildman–Crippen MR) is 125 cm³/mol. The average Bonchev–Trinajstić information content (AvgIpc) is 3.59. The highest BCUT2D eigenvalue weighted by Crippen LogP contribution is 2.39. The van der Waals surface area contributed by atoms with Crippen molar-refractivity contribution in [2.24, 2.45) is 15.7 Å². The molecule has 0 aromatic carbocycles. The summed E-state index contributed by atoms with van der Waals surface area (Å²) in [6.45, 7) is 10.9. The Morgan fingerprint density at radius 2 is 1.81 bits per heavy atom. The van der Waals surface area contributed by atoms with Crippen molar-refractivity contribution < 1.29 is 9.68 Å². The van der Waals surface area contributed by atoms with E-state index in [1.165, 1.54) is 18.4 Å². The lowest BCUT2D eigenvalue weighted by Crippen LogP contribution is -2.25. The summed E-state index contributed by atoms with van der Waals surface area (Å²) in [7, 11) is 0. The minimum absolute atomic E-state index is 0.252. The monoisotopic (exact) mass is 435 g/mol. The molecule has 7 nitrogen and oxygen atoms in total. The molecule has 0 bridgehead atoms. The highest BCUT2D eigenvalue weighted by atomic mass is 16.6. The van der Waals surface area contributed by atoms with Gasteiger partial charge >= 0.3 is 0 Å². The van der Waals surface area contributed by atoms with Crippen LogP contribution in [-0.4, -0.2) is 39.6 Å². The van der Waals surface area contributed by atoms with E-state index in [0.29, 0.717) is 30.7 Å². The fourth-order valence-corrected chi connectivity index (χ4v) is 3.70. The van der Waals surface area contributed by atoms with Crippen molar-refractivity contribution in [2.45, 2.75) is 72.6 Å². The minimum atomic E-state index is -0.252. The molecule has 2 aliphatic carbocycles. The maximum absolute atomic E-state index is 5.74. The van der Waals surface area contributed by atoms with Crippen molar-refractivity contribution in [3.8, 4) is 0 Å². The third kappa shape index (κ3) is 5.69. The van der Waals surface area contributed by atoms with Gasteiger partial charge in [0.1, 0.15) is 24.6 Å². The molecular formula is C25H33N5O2. The summed E-state index contributed by atoms with van der Waals surface area (Å²) < 4.78 is 0. The van der Waals surface area contributed by atoms with Gasteiger partial charge in [-0.1, -0.05) is 30.2 Å². The van der Waals surface area contributed by atoms with Gasteiger partial charge in [-0.25, -0.2) is 9.97 Å². The molecule has 0 saturated heterocycles. The van der Waals surface area contributed by atoms with E-state index in [1.54, 1.807) is 0 Å². The fourth-order valence-electron chi connectivity index (χ4n) is 3.70. The number of pyridine rings is 1. The van der Waals surface area contributed by atoms with Crippen LogP contribution in [-0.2, 0) is 16.1 Å². The van der Waals surface area contributed by atoms with Crippen molar-refractivity contribution in [2.75, 3.05) is 13.2 Å². The maximum Gasteiger partial charge on any atom is 0.177 e. The Balaban J connectivity index is 1.32. The minimum Gasteiger partial charge on any atom is -0.395 e. The van der Waals surface area contributed by atoms with Crippen molar-refractivity contribution >= 4 is 11.4 Å². The van der Waals surface area contributed by atoms with Gasteiger partial charge in [-0.15, -0.1) is 0 Å². The highest BCUT2D eigenvalue weighted by Gasteiger charge is 2.26. The molecule has 0 radical (unpaired) electrons. The lowest BCUT2D eigenvalue weighted by molar-refractivity contribution is -0.000178. The smallest absolute Gasteiger partial charge is 0.177 e. The molecule has 0 N–H and O–H groups in total. The summed E-state index contributed by atoms with van der Waals surface area (Å²) in [5.41, 5.74) is 6.68. The van der Waals surface area contributed by atoms with Gasteiger partial charge in [-0.05, 0) is 70.6 Å². The molecule has 7 heteroatoms. The second kappa shape index (κ2) is 9.35. The van der Waals surface area contributed by atoms with E-state index in [4.69, 9.17) is 9.68 Å². The number of nitrogens with zero attached hydrogens (tertiary/aromatic N) is 5. The first-order chi connectivity index (χ1) is 15.3. The van der Waals surface area contributed by atoms with Crippen molar-refractivity contribution in [3.05, 3.63) is 52.4 Å². The van der Waals surface area contributed by atoms with Crippen molar-refractivity contribution in [3.63, 3.8) is 0 Å². The zero-order valence-electron chi connectivity index (χ0n) is 19.8. The zero-order chi connectivity index (χ0) is 22.7. The van der Waals surface area contributed by atoms with E-state index in [2.05, 4.69) is 57.3 Å². The Bertz CT molecular complexity index is 1040. The van der Waals surface area contributed by atoms with Crippen LogP contribution in [0.1, 0.15) is 86.5 Å². The summed E-state index contributed by atoms with van der Waals surface area (Å²) in [6.07, 6.45) is 5.43. The number of aryl methyl sites for hydroxylation is 3. The molecule has 0 spiro atoms. The number of hydrogen-bond acceptors (Lipinski definition) is 7. The van der Waals surface area contributed by atoms with Crippen LogP contribution in [0.5, 0.6) is 0 Å². The third-order valence-corrected chi connectivity index (χ3v) is 5.73. The van der Waals surface area contributed by atoms with E-state index in [0.717, 1.165) is 47.7 Å². The Morgan fingerprint density at radius 3 is 2.59 bits per heavy atom. The molecule has 2 aliphatic rings. The first kappa shape index (κ1) is 22.4. The number of oxime groups is 2. The Morgan fingerprint density at radius 1 is 1.03 bits per heavy atom. The molecular weight excluding hydrogens is 402 g/mol. The number of aromatic nitrogens is 3. The second-order valence-electron chi connectivity index (χ2n) is 9.77. The Kier molecular flexibility index (Phi) is 6.53. The molecule has 2 aromatic rings. The first-order valence-corrected chi connectivity index (χ1v) is 11.5. The SMILES string of the molecule is CC(=NOCC(C)(C)CON=C1CCCc2ccc(C)nc21)c1nc(C)cc(C2CC2)n1. The van der Waals surface area contributed by atoms with Crippen LogP contribution < -0.4 is 0 Å². The van der Waals surface area contributed by atoms with Gasteiger partial charge in [0, 0.05) is 28.4 Å². The molecule has 32 heavy (non-hydrogen) atoms. The Labute approximate surface area is 190 Å². The molecule has 4 rings (SSSR count). The van der Waals surface area contributed by atoms with E-state index in [9.17, 15) is 0 Å².